The molecule has 1 aromatic carbocycles. The van der Waals surface area contributed by atoms with Crippen LogP contribution < -0.4 is 5.32 Å². The van der Waals surface area contributed by atoms with Gasteiger partial charge in [-0.1, -0.05) is 6.07 Å². The summed E-state index contributed by atoms with van der Waals surface area (Å²) in [4.78, 5) is 3.93. The van der Waals surface area contributed by atoms with Crippen LogP contribution in [0.3, 0.4) is 0 Å². The first-order valence-corrected chi connectivity index (χ1v) is 5.88. The first-order chi connectivity index (χ1) is 7.81. The highest BCUT2D eigenvalue weighted by molar-refractivity contribution is 9.10. The van der Waals surface area contributed by atoms with Gasteiger partial charge < -0.3 is 5.32 Å². The van der Waals surface area contributed by atoms with Crippen molar-refractivity contribution in [3.63, 3.8) is 0 Å². The molecule has 0 unspecified atom stereocenters. The van der Waals surface area contributed by atoms with Gasteiger partial charge in [0.05, 0.1) is 5.69 Å². The molecule has 1 aromatic heterocycles. The number of hydrogen-bond donors (Lipinski definition) is 1. The van der Waals surface area contributed by atoms with Crippen LogP contribution in [0, 0.1) is 0 Å². The summed E-state index contributed by atoms with van der Waals surface area (Å²) in [5, 5.41) is 7.24. The Labute approximate surface area is 103 Å². The van der Waals surface area contributed by atoms with E-state index in [-0.39, 0.29) is 0 Å². The molecule has 0 aliphatic heterocycles. The molecule has 0 fully saturated rings. The van der Waals surface area contributed by atoms with E-state index in [0.717, 1.165) is 23.1 Å². The Balaban J connectivity index is 2.23. The molecule has 4 nitrogen and oxygen atoms in total. The van der Waals surface area contributed by atoms with Gasteiger partial charge in [0.25, 0.3) is 0 Å². The summed E-state index contributed by atoms with van der Waals surface area (Å²) in [7, 11) is 1.96. The molecule has 0 aliphatic carbocycles. The first-order valence-electron chi connectivity index (χ1n) is 5.09. The summed E-state index contributed by atoms with van der Waals surface area (Å²) >= 11 is 3.55. The minimum atomic E-state index is 0.981. The molecule has 0 spiro atoms. The number of halogens is 1. The summed E-state index contributed by atoms with van der Waals surface area (Å²) in [6.07, 6.45) is 4.24. The number of benzene rings is 1. The lowest BCUT2D eigenvalue weighted by atomic mass is 10.1. The molecule has 2 rings (SSSR count). The normalized spacial score (nSPS) is 10.6. The Morgan fingerprint density at radius 1 is 1.44 bits per heavy atom. The average Bonchev–Trinajstić information content (AvgIpc) is 2.80. The van der Waals surface area contributed by atoms with Crippen molar-refractivity contribution in [2.45, 2.75) is 6.42 Å². The molecule has 5 heteroatoms. The molecule has 16 heavy (non-hydrogen) atoms. The van der Waals surface area contributed by atoms with Crippen LogP contribution in [0.15, 0.2) is 35.3 Å². The standard InChI is InChI=1S/C11H13BrN4/c1-13-5-4-9-2-3-11(10(12)6-9)16-8-14-7-15-16/h2-3,6-8,13H,4-5H2,1H3. The van der Waals surface area contributed by atoms with Crippen molar-refractivity contribution >= 4 is 15.9 Å². The minimum absolute atomic E-state index is 0.981. The molecule has 0 amide bonds. The Morgan fingerprint density at radius 3 is 2.94 bits per heavy atom. The molecule has 0 radical (unpaired) electrons. The number of nitrogens with zero attached hydrogens (tertiary/aromatic N) is 3. The van der Waals surface area contributed by atoms with Gasteiger partial charge in [-0.25, -0.2) is 9.67 Å². The van der Waals surface area contributed by atoms with E-state index in [1.165, 1.54) is 11.9 Å². The van der Waals surface area contributed by atoms with Crippen LogP contribution in [0.2, 0.25) is 0 Å². The molecule has 2 aromatic rings. The minimum Gasteiger partial charge on any atom is -0.319 e. The molecular formula is C11H13BrN4. The number of likely N-dealkylation sites (N-methyl/N-ethyl adjacent to an activating group) is 1. The van der Waals surface area contributed by atoms with Crippen molar-refractivity contribution in [1.29, 1.82) is 0 Å². The smallest absolute Gasteiger partial charge is 0.138 e. The van der Waals surface area contributed by atoms with E-state index >= 15 is 0 Å². The van der Waals surface area contributed by atoms with Crippen molar-refractivity contribution in [1.82, 2.24) is 20.1 Å². The fraction of sp³-hybridized carbons (Fsp3) is 0.273. The summed E-state index contributed by atoms with van der Waals surface area (Å²) in [5.41, 5.74) is 2.30. The highest BCUT2D eigenvalue weighted by Gasteiger charge is 2.03. The lowest BCUT2D eigenvalue weighted by Gasteiger charge is -2.06. The van der Waals surface area contributed by atoms with Crippen molar-refractivity contribution in [3.05, 3.63) is 40.9 Å². The number of aromatic nitrogens is 3. The number of hydrogen-bond acceptors (Lipinski definition) is 3. The van der Waals surface area contributed by atoms with E-state index in [1.807, 2.05) is 13.1 Å². The van der Waals surface area contributed by atoms with Crippen molar-refractivity contribution in [3.8, 4) is 5.69 Å². The zero-order valence-corrected chi connectivity index (χ0v) is 10.6. The van der Waals surface area contributed by atoms with E-state index in [1.54, 1.807) is 11.0 Å². The Bertz CT molecular complexity index is 453. The molecule has 1 N–H and O–H groups in total. The lowest BCUT2D eigenvalue weighted by Crippen LogP contribution is -2.10. The van der Waals surface area contributed by atoms with E-state index in [9.17, 15) is 0 Å². The van der Waals surface area contributed by atoms with Crippen LogP contribution >= 0.6 is 15.9 Å². The second kappa shape index (κ2) is 5.23. The van der Waals surface area contributed by atoms with Crippen LogP contribution in [-0.4, -0.2) is 28.4 Å². The summed E-state index contributed by atoms with van der Waals surface area (Å²) < 4.78 is 2.78. The maximum atomic E-state index is 4.10. The van der Waals surface area contributed by atoms with E-state index in [4.69, 9.17) is 0 Å². The van der Waals surface area contributed by atoms with Gasteiger partial charge in [0.15, 0.2) is 0 Å². The largest absolute Gasteiger partial charge is 0.319 e. The van der Waals surface area contributed by atoms with Gasteiger partial charge in [-0.05, 0) is 53.6 Å². The monoisotopic (exact) mass is 280 g/mol. The third-order valence-electron chi connectivity index (χ3n) is 2.34. The van der Waals surface area contributed by atoms with Gasteiger partial charge in [0.1, 0.15) is 12.7 Å². The summed E-state index contributed by atoms with van der Waals surface area (Å²) in [6.45, 7) is 0.981. The fourth-order valence-corrected chi connectivity index (χ4v) is 2.10. The van der Waals surface area contributed by atoms with E-state index < -0.39 is 0 Å². The molecule has 0 aliphatic rings. The third kappa shape index (κ3) is 2.48. The molecule has 0 saturated heterocycles. The lowest BCUT2D eigenvalue weighted by molar-refractivity contribution is 0.790. The average molecular weight is 281 g/mol. The summed E-state index contributed by atoms with van der Waals surface area (Å²) in [5.74, 6) is 0. The number of rotatable bonds is 4. The summed E-state index contributed by atoms with van der Waals surface area (Å²) in [6, 6.07) is 6.28. The predicted octanol–water partition coefficient (Wildman–Crippen LogP) is 1.79. The Morgan fingerprint density at radius 2 is 2.31 bits per heavy atom. The Kier molecular flexibility index (Phi) is 3.69. The molecule has 0 atom stereocenters. The van der Waals surface area contributed by atoms with Gasteiger partial charge in [-0.3, -0.25) is 0 Å². The maximum Gasteiger partial charge on any atom is 0.138 e. The van der Waals surface area contributed by atoms with Crippen LogP contribution in [-0.2, 0) is 6.42 Å². The first kappa shape index (κ1) is 11.3. The quantitative estimate of drug-likeness (QED) is 0.929. The topological polar surface area (TPSA) is 42.7 Å². The predicted molar refractivity (Wildman–Crippen MR) is 66.7 cm³/mol. The molecule has 0 bridgehead atoms. The number of nitrogens with one attached hydrogen (secondary N) is 1. The zero-order chi connectivity index (χ0) is 11.4. The highest BCUT2D eigenvalue weighted by atomic mass is 79.9. The van der Waals surface area contributed by atoms with Crippen molar-refractivity contribution in [2.24, 2.45) is 0 Å². The van der Waals surface area contributed by atoms with Gasteiger partial charge in [0, 0.05) is 4.47 Å². The van der Waals surface area contributed by atoms with Crippen LogP contribution in [0.1, 0.15) is 5.56 Å². The molecular weight excluding hydrogens is 268 g/mol. The Hall–Kier alpha value is -1.20. The molecule has 0 saturated carbocycles. The SMILES string of the molecule is CNCCc1ccc(-n2cncn2)c(Br)c1. The fourth-order valence-electron chi connectivity index (χ4n) is 1.49. The van der Waals surface area contributed by atoms with Crippen molar-refractivity contribution < 1.29 is 0 Å². The van der Waals surface area contributed by atoms with Crippen LogP contribution in [0.5, 0.6) is 0 Å². The molecule has 84 valence electrons. The van der Waals surface area contributed by atoms with Gasteiger partial charge >= 0.3 is 0 Å². The second-order valence-electron chi connectivity index (χ2n) is 3.48. The van der Waals surface area contributed by atoms with Gasteiger partial charge in [0.2, 0.25) is 0 Å². The zero-order valence-electron chi connectivity index (χ0n) is 9.02. The van der Waals surface area contributed by atoms with Gasteiger partial charge in [-0.15, -0.1) is 0 Å². The maximum absolute atomic E-state index is 4.10. The molecule has 1 heterocycles. The third-order valence-corrected chi connectivity index (χ3v) is 2.98. The van der Waals surface area contributed by atoms with Crippen LogP contribution in [0.4, 0.5) is 0 Å². The van der Waals surface area contributed by atoms with Gasteiger partial charge in [-0.2, -0.15) is 5.10 Å². The van der Waals surface area contributed by atoms with Crippen molar-refractivity contribution in [2.75, 3.05) is 13.6 Å². The van der Waals surface area contributed by atoms with E-state index in [0.29, 0.717) is 0 Å². The van der Waals surface area contributed by atoms with Crippen LogP contribution in [0.25, 0.3) is 5.69 Å². The highest BCUT2D eigenvalue weighted by Crippen LogP contribution is 2.21. The van der Waals surface area contributed by atoms with E-state index in [2.05, 4.69) is 43.5 Å². The second-order valence-corrected chi connectivity index (χ2v) is 4.33.